The van der Waals surface area contributed by atoms with Crippen molar-refractivity contribution in [2.75, 3.05) is 12.8 Å². The largest absolute Gasteiger partial charge is 0.464 e. The minimum Gasteiger partial charge on any atom is -0.464 e. The van der Waals surface area contributed by atoms with Crippen LogP contribution in [0.25, 0.3) is 0 Å². The second-order valence-corrected chi connectivity index (χ2v) is 4.87. The number of nitrogen functional groups attached to an aromatic ring is 1. The molecule has 2 N–H and O–H groups in total. The van der Waals surface area contributed by atoms with E-state index in [4.69, 9.17) is 5.73 Å². The highest BCUT2D eigenvalue weighted by atomic mass is 79.9. The molecule has 19 heavy (non-hydrogen) atoms. The van der Waals surface area contributed by atoms with Crippen LogP contribution in [0.2, 0.25) is 0 Å². The van der Waals surface area contributed by atoms with E-state index < -0.39 is 5.97 Å². The summed E-state index contributed by atoms with van der Waals surface area (Å²) in [6.45, 7) is 0.319. The highest BCUT2D eigenvalue weighted by Gasteiger charge is 2.14. The Kier molecular flexibility index (Phi) is 3.90. The van der Waals surface area contributed by atoms with E-state index in [2.05, 4.69) is 20.7 Å². The van der Waals surface area contributed by atoms with Crippen molar-refractivity contribution in [2.45, 2.75) is 6.54 Å². The number of anilines is 1. The fraction of sp³-hybridized carbons (Fsp3) is 0.154. The highest BCUT2D eigenvalue weighted by molar-refractivity contribution is 9.10. The number of esters is 1. The van der Waals surface area contributed by atoms with E-state index in [9.17, 15) is 9.18 Å². The summed E-state index contributed by atoms with van der Waals surface area (Å²) in [5.74, 6) is -0.817. The SMILES string of the molecule is COC(=O)c1cc(N)cn1Cc1cc(F)ccc1Br. The van der Waals surface area contributed by atoms with E-state index in [1.807, 2.05) is 0 Å². The number of benzene rings is 1. The van der Waals surface area contributed by atoms with E-state index in [0.717, 1.165) is 4.47 Å². The second kappa shape index (κ2) is 5.44. The summed E-state index contributed by atoms with van der Waals surface area (Å²) in [5.41, 5.74) is 7.17. The molecule has 0 fully saturated rings. The molecule has 4 nitrogen and oxygen atoms in total. The van der Waals surface area contributed by atoms with Gasteiger partial charge in [-0.3, -0.25) is 0 Å². The Bertz CT molecular complexity index is 625. The standard InChI is InChI=1S/C13H12BrFN2O2/c1-19-13(18)12-5-10(16)7-17(12)6-8-4-9(15)2-3-11(8)14/h2-5,7H,6,16H2,1H3. The fourth-order valence-corrected chi connectivity index (χ4v) is 2.16. The van der Waals surface area contributed by atoms with Crippen molar-refractivity contribution in [1.82, 2.24) is 4.57 Å². The minimum atomic E-state index is -0.482. The molecule has 2 aromatic rings. The van der Waals surface area contributed by atoms with Gasteiger partial charge in [0.25, 0.3) is 0 Å². The third-order valence-electron chi connectivity index (χ3n) is 2.66. The van der Waals surface area contributed by atoms with Gasteiger partial charge >= 0.3 is 5.97 Å². The summed E-state index contributed by atoms with van der Waals surface area (Å²) < 4.78 is 20.3. The van der Waals surface area contributed by atoms with Gasteiger partial charge < -0.3 is 15.0 Å². The van der Waals surface area contributed by atoms with Crippen LogP contribution in [0.4, 0.5) is 10.1 Å². The van der Waals surface area contributed by atoms with Crippen molar-refractivity contribution in [2.24, 2.45) is 0 Å². The van der Waals surface area contributed by atoms with Gasteiger partial charge in [0, 0.05) is 17.2 Å². The molecule has 0 bridgehead atoms. The highest BCUT2D eigenvalue weighted by Crippen LogP contribution is 2.21. The van der Waals surface area contributed by atoms with Gasteiger partial charge in [-0.25, -0.2) is 9.18 Å². The third kappa shape index (κ3) is 2.96. The summed E-state index contributed by atoms with van der Waals surface area (Å²) in [4.78, 5) is 11.6. The van der Waals surface area contributed by atoms with Gasteiger partial charge in [-0.2, -0.15) is 0 Å². The molecule has 100 valence electrons. The zero-order valence-electron chi connectivity index (χ0n) is 10.2. The molecular weight excluding hydrogens is 315 g/mol. The first-order valence-electron chi connectivity index (χ1n) is 5.49. The van der Waals surface area contributed by atoms with Crippen LogP contribution in [0.15, 0.2) is 34.9 Å². The maximum absolute atomic E-state index is 13.2. The molecule has 0 amide bonds. The molecule has 0 saturated carbocycles. The van der Waals surface area contributed by atoms with Crippen LogP contribution in [0.1, 0.15) is 16.1 Å². The van der Waals surface area contributed by atoms with Crippen LogP contribution in [0.5, 0.6) is 0 Å². The van der Waals surface area contributed by atoms with Crippen LogP contribution in [0.3, 0.4) is 0 Å². The fourth-order valence-electron chi connectivity index (χ4n) is 1.79. The number of hydrogen-bond donors (Lipinski definition) is 1. The Balaban J connectivity index is 2.38. The molecule has 0 radical (unpaired) electrons. The van der Waals surface area contributed by atoms with Gasteiger partial charge in [-0.15, -0.1) is 0 Å². The van der Waals surface area contributed by atoms with E-state index in [1.165, 1.54) is 25.3 Å². The second-order valence-electron chi connectivity index (χ2n) is 4.01. The van der Waals surface area contributed by atoms with Crippen molar-refractivity contribution in [3.05, 3.63) is 52.0 Å². The lowest BCUT2D eigenvalue weighted by Crippen LogP contribution is -2.11. The van der Waals surface area contributed by atoms with Crippen molar-refractivity contribution in [3.8, 4) is 0 Å². The molecule has 1 aromatic heterocycles. The summed E-state index contributed by atoms with van der Waals surface area (Å²) in [7, 11) is 1.30. The number of carbonyl (C=O) groups is 1. The third-order valence-corrected chi connectivity index (χ3v) is 3.43. The first-order chi connectivity index (χ1) is 9.01. The summed E-state index contributed by atoms with van der Waals surface area (Å²) >= 11 is 3.35. The molecular formula is C13H12BrFN2O2. The number of aromatic nitrogens is 1. The van der Waals surface area contributed by atoms with Crippen molar-refractivity contribution >= 4 is 27.6 Å². The molecule has 0 saturated heterocycles. The number of ether oxygens (including phenoxy) is 1. The number of methoxy groups -OCH3 is 1. The average Bonchev–Trinajstić information content (AvgIpc) is 2.74. The van der Waals surface area contributed by atoms with Crippen molar-refractivity contribution in [3.63, 3.8) is 0 Å². The number of nitrogens with two attached hydrogens (primary N) is 1. The van der Waals surface area contributed by atoms with Crippen LogP contribution < -0.4 is 5.73 Å². The number of halogens is 2. The van der Waals surface area contributed by atoms with Gasteiger partial charge in [0.05, 0.1) is 12.8 Å². The van der Waals surface area contributed by atoms with Gasteiger partial charge in [-0.05, 0) is 29.8 Å². The maximum atomic E-state index is 13.2. The van der Waals surface area contributed by atoms with E-state index >= 15 is 0 Å². The number of hydrogen-bond acceptors (Lipinski definition) is 3. The summed E-state index contributed by atoms with van der Waals surface area (Å²) in [5, 5.41) is 0. The van der Waals surface area contributed by atoms with Crippen LogP contribution in [0, 0.1) is 5.82 Å². The zero-order valence-corrected chi connectivity index (χ0v) is 11.8. The molecule has 1 heterocycles. The summed E-state index contributed by atoms with van der Waals surface area (Å²) in [6, 6.07) is 5.91. The smallest absolute Gasteiger partial charge is 0.354 e. The Hall–Kier alpha value is -1.82. The molecule has 6 heteroatoms. The maximum Gasteiger partial charge on any atom is 0.354 e. The molecule has 1 aromatic carbocycles. The Morgan fingerprint density at radius 1 is 1.47 bits per heavy atom. The van der Waals surface area contributed by atoms with Crippen molar-refractivity contribution in [1.29, 1.82) is 0 Å². The lowest BCUT2D eigenvalue weighted by molar-refractivity contribution is 0.0589. The molecule has 0 unspecified atom stereocenters. The predicted octanol–water partition coefficient (Wildman–Crippen LogP) is 2.81. The average molecular weight is 327 g/mol. The van der Waals surface area contributed by atoms with E-state index in [0.29, 0.717) is 23.5 Å². The lowest BCUT2D eigenvalue weighted by atomic mass is 10.2. The molecule has 0 aliphatic rings. The Labute approximate surface area is 118 Å². The number of carbonyl (C=O) groups excluding carboxylic acids is 1. The van der Waals surface area contributed by atoms with Crippen LogP contribution >= 0.6 is 15.9 Å². The van der Waals surface area contributed by atoms with Gasteiger partial charge in [0.2, 0.25) is 0 Å². The number of nitrogens with zero attached hydrogens (tertiary/aromatic N) is 1. The first-order valence-corrected chi connectivity index (χ1v) is 6.28. The van der Waals surface area contributed by atoms with E-state index in [1.54, 1.807) is 16.8 Å². The molecule has 0 spiro atoms. The quantitative estimate of drug-likeness (QED) is 0.882. The predicted molar refractivity (Wildman–Crippen MR) is 73.4 cm³/mol. The van der Waals surface area contributed by atoms with Crippen LogP contribution in [-0.4, -0.2) is 17.6 Å². The normalized spacial score (nSPS) is 10.5. The molecule has 0 aliphatic carbocycles. The van der Waals surface area contributed by atoms with E-state index in [-0.39, 0.29) is 5.82 Å². The molecule has 0 atom stereocenters. The van der Waals surface area contributed by atoms with Gasteiger partial charge in [-0.1, -0.05) is 15.9 Å². The zero-order chi connectivity index (χ0) is 14.0. The topological polar surface area (TPSA) is 57.2 Å². The minimum absolute atomic E-state index is 0.319. The molecule has 0 aliphatic heterocycles. The Morgan fingerprint density at radius 3 is 2.89 bits per heavy atom. The lowest BCUT2D eigenvalue weighted by Gasteiger charge is -2.09. The Morgan fingerprint density at radius 2 is 2.21 bits per heavy atom. The first kappa shape index (κ1) is 13.6. The van der Waals surface area contributed by atoms with Crippen molar-refractivity contribution < 1.29 is 13.9 Å². The summed E-state index contributed by atoms with van der Waals surface area (Å²) in [6.07, 6.45) is 1.61. The number of rotatable bonds is 3. The van der Waals surface area contributed by atoms with Gasteiger partial charge in [0.1, 0.15) is 11.5 Å². The molecule has 2 rings (SSSR count). The monoisotopic (exact) mass is 326 g/mol. The van der Waals surface area contributed by atoms with Gasteiger partial charge in [0.15, 0.2) is 0 Å². The van der Waals surface area contributed by atoms with Crippen LogP contribution in [-0.2, 0) is 11.3 Å².